The van der Waals surface area contributed by atoms with E-state index in [4.69, 9.17) is 9.84 Å². The Labute approximate surface area is 190 Å². The van der Waals surface area contributed by atoms with E-state index in [9.17, 15) is 9.59 Å². The molecule has 0 aliphatic rings. The van der Waals surface area contributed by atoms with Crippen LogP contribution < -0.4 is 20.7 Å². The van der Waals surface area contributed by atoms with Gasteiger partial charge in [-0.05, 0) is 43.7 Å². The Balaban J connectivity index is 1.72. The predicted molar refractivity (Wildman–Crippen MR) is 123 cm³/mol. The molecule has 0 aliphatic heterocycles. The molecular weight excluding hydrogens is 424 g/mol. The Kier molecular flexibility index (Phi) is 7.90. The molecule has 0 saturated carbocycles. The van der Waals surface area contributed by atoms with Crippen LogP contribution in [-0.4, -0.2) is 39.6 Å². The van der Waals surface area contributed by atoms with Gasteiger partial charge in [-0.3, -0.25) is 10.3 Å². The molecule has 10 nitrogen and oxygen atoms in total. The van der Waals surface area contributed by atoms with Gasteiger partial charge in [-0.2, -0.15) is 0 Å². The summed E-state index contributed by atoms with van der Waals surface area (Å²) < 4.78 is 5.56. The number of carboxylic acids is 1. The minimum absolute atomic E-state index is 0.0597. The van der Waals surface area contributed by atoms with Crippen molar-refractivity contribution in [1.82, 2.24) is 25.9 Å². The van der Waals surface area contributed by atoms with Gasteiger partial charge in [-0.25, -0.2) is 19.6 Å². The zero-order valence-corrected chi connectivity index (χ0v) is 18.2. The summed E-state index contributed by atoms with van der Waals surface area (Å²) in [5.74, 6) is -0.417. The van der Waals surface area contributed by atoms with E-state index in [-0.39, 0.29) is 23.6 Å². The molecule has 0 fully saturated rings. The second-order valence-electron chi connectivity index (χ2n) is 6.93. The molecular formula is C23H24N6O4. The zero-order valence-electron chi connectivity index (χ0n) is 18.2. The van der Waals surface area contributed by atoms with Crippen molar-refractivity contribution in [3.8, 4) is 11.6 Å². The van der Waals surface area contributed by atoms with Crippen LogP contribution in [0.1, 0.15) is 28.5 Å². The molecule has 33 heavy (non-hydrogen) atoms. The van der Waals surface area contributed by atoms with Crippen LogP contribution in [0.2, 0.25) is 0 Å². The number of nitrogens with zero attached hydrogens (tertiary/aromatic N) is 3. The SMILES string of the molecule is CCNC(=O)N/C(=N\c1ccc(Oc2cncc(C(=O)O)n2)cc1)NCc1ccc(C)cc1. The highest BCUT2D eigenvalue weighted by Gasteiger charge is 2.09. The molecule has 170 valence electrons. The summed E-state index contributed by atoms with van der Waals surface area (Å²) in [6, 6.07) is 14.3. The van der Waals surface area contributed by atoms with Gasteiger partial charge in [0, 0.05) is 13.1 Å². The maximum Gasteiger partial charge on any atom is 0.356 e. The van der Waals surface area contributed by atoms with Gasteiger partial charge in [0.05, 0.1) is 18.1 Å². The Hall–Kier alpha value is -4.47. The van der Waals surface area contributed by atoms with Gasteiger partial charge < -0.3 is 20.5 Å². The molecule has 0 bridgehead atoms. The lowest BCUT2D eigenvalue weighted by atomic mass is 10.1. The molecule has 2 aromatic carbocycles. The van der Waals surface area contributed by atoms with Crippen LogP contribution in [-0.2, 0) is 6.54 Å². The van der Waals surface area contributed by atoms with Crippen molar-refractivity contribution in [3.05, 3.63) is 77.7 Å². The van der Waals surface area contributed by atoms with E-state index in [2.05, 4.69) is 30.9 Å². The third kappa shape index (κ3) is 7.31. The molecule has 2 amide bonds. The van der Waals surface area contributed by atoms with Crippen molar-refractivity contribution in [2.45, 2.75) is 20.4 Å². The maximum absolute atomic E-state index is 12.0. The Bertz CT molecular complexity index is 1130. The topological polar surface area (TPSA) is 138 Å². The van der Waals surface area contributed by atoms with Gasteiger partial charge >= 0.3 is 12.0 Å². The number of aryl methyl sites for hydroxylation is 1. The number of aromatic nitrogens is 2. The molecule has 0 radical (unpaired) electrons. The first-order chi connectivity index (χ1) is 15.9. The number of aromatic carboxylic acids is 1. The Morgan fingerprint density at radius 3 is 2.42 bits per heavy atom. The van der Waals surface area contributed by atoms with Gasteiger partial charge in [0.1, 0.15) is 5.75 Å². The molecule has 3 rings (SSSR count). The summed E-state index contributed by atoms with van der Waals surface area (Å²) in [6.07, 6.45) is 2.46. The highest BCUT2D eigenvalue weighted by molar-refractivity contribution is 5.97. The fraction of sp³-hybridized carbons (Fsp3) is 0.174. The lowest BCUT2D eigenvalue weighted by Crippen LogP contribution is -2.45. The quantitative estimate of drug-likeness (QED) is 0.321. The molecule has 1 heterocycles. The Morgan fingerprint density at radius 1 is 1.03 bits per heavy atom. The molecule has 0 atom stereocenters. The average molecular weight is 448 g/mol. The highest BCUT2D eigenvalue weighted by atomic mass is 16.5. The molecule has 0 unspecified atom stereocenters. The average Bonchev–Trinajstić information content (AvgIpc) is 2.80. The monoisotopic (exact) mass is 448 g/mol. The number of benzene rings is 2. The molecule has 3 aromatic rings. The zero-order chi connectivity index (χ0) is 23.6. The predicted octanol–water partition coefficient (Wildman–Crippen LogP) is 3.37. The number of rotatable bonds is 7. The third-order valence-corrected chi connectivity index (χ3v) is 4.28. The fourth-order valence-corrected chi connectivity index (χ4v) is 2.65. The molecule has 4 N–H and O–H groups in total. The first-order valence-corrected chi connectivity index (χ1v) is 10.2. The van der Waals surface area contributed by atoms with Crippen molar-refractivity contribution in [1.29, 1.82) is 0 Å². The van der Waals surface area contributed by atoms with Gasteiger partial charge in [-0.1, -0.05) is 29.8 Å². The number of hydrogen-bond donors (Lipinski definition) is 4. The van der Waals surface area contributed by atoms with Crippen LogP contribution in [0.5, 0.6) is 11.6 Å². The number of carbonyl (C=O) groups is 2. The lowest BCUT2D eigenvalue weighted by molar-refractivity contribution is 0.0689. The smallest absolute Gasteiger partial charge is 0.356 e. The number of ether oxygens (including phenoxy) is 1. The second kappa shape index (κ2) is 11.2. The van der Waals surface area contributed by atoms with Crippen molar-refractivity contribution in [3.63, 3.8) is 0 Å². The summed E-state index contributed by atoms with van der Waals surface area (Å²) in [7, 11) is 0. The van der Waals surface area contributed by atoms with E-state index in [1.165, 1.54) is 6.20 Å². The largest absolute Gasteiger partial charge is 0.476 e. The van der Waals surface area contributed by atoms with Crippen LogP contribution >= 0.6 is 0 Å². The van der Waals surface area contributed by atoms with Crippen LogP contribution in [0.3, 0.4) is 0 Å². The summed E-state index contributed by atoms with van der Waals surface area (Å²) in [4.78, 5) is 35.2. The number of hydrogen-bond acceptors (Lipinski definition) is 6. The first-order valence-electron chi connectivity index (χ1n) is 10.2. The van der Waals surface area contributed by atoms with E-state index >= 15 is 0 Å². The normalized spacial score (nSPS) is 10.9. The van der Waals surface area contributed by atoms with Crippen molar-refractivity contribution in [2.24, 2.45) is 4.99 Å². The minimum atomic E-state index is -1.19. The number of nitrogens with one attached hydrogen (secondary N) is 3. The number of urea groups is 1. The Morgan fingerprint density at radius 2 is 1.76 bits per heavy atom. The van der Waals surface area contributed by atoms with E-state index in [0.717, 1.165) is 17.3 Å². The van der Waals surface area contributed by atoms with Crippen LogP contribution in [0, 0.1) is 6.92 Å². The van der Waals surface area contributed by atoms with E-state index < -0.39 is 5.97 Å². The second-order valence-corrected chi connectivity index (χ2v) is 6.93. The summed E-state index contributed by atoms with van der Waals surface area (Å²) in [5, 5.41) is 17.5. The van der Waals surface area contributed by atoms with Crippen LogP contribution in [0.4, 0.5) is 10.5 Å². The van der Waals surface area contributed by atoms with Crippen molar-refractivity contribution in [2.75, 3.05) is 6.54 Å². The standard InChI is InChI=1S/C23H24N6O4/c1-3-25-23(32)29-22(26-12-16-6-4-15(2)5-7-16)27-17-8-10-18(11-9-17)33-20-14-24-13-19(28-20)21(30)31/h4-11,13-14H,3,12H2,1-2H3,(H,30,31)(H3,25,26,27,29,32). The van der Waals surface area contributed by atoms with Gasteiger partial charge in [0.2, 0.25) is 11.8 Å². The minimum Gasteiger partial charge on any atom is -0.476 e. The molecule has 0 spiro atoms. The lowest BCUT2D eigenvalue weighted by Gasteiger charge is -2.12. The van der Waals surface area contributed by atoms with E-state index in [0.29, 0.717) is 24.5 Å². The van der Waals surface area contributed by atoms with Crippen molar-refractivity contribution < 1.29 is 19.4 Å². The van der Waals surface area contributed by atoms with E-state index in [1.807, 2.05) is 38.1 Å². The van der Waals surface area contributed by atoms with Gasteiger partial charge in [0.15, 0.2) is 5.69 Å². The van der Waals surface area contributed by atoms with Crippen molar-refractivity contribution >= 4 is 23.6 Å². The number of carbonyl (C=O) groups excluding carboxylic acids is 1. The molecule has 0 aliphatic carbocycles. The molecule has 0 saturated heterocycles. The third-order valence-electron chi connectivity index (χ3n) is 4.28. The maximum atomic E-state index is 12.0. The molecule has 10 heteroatoms. The van der Waals surface area contributed by atoms with Crippen LogP contribution in [0.25, 0.3) is 0 Å². The van der Waals surface area contributed by atoms with Gasteiger partial charge in [-0.15, -0.1) is 0 Å². The first kappa shape index (κ1) is 23.2. The number of guanidine groups is 1. The number of carboxylic acid groups (broad SMARTS) is 1. The fourth-order valence-electron chi connectivity index (χ4n) is 2.65. The molecule has 1 aromatic heterocycles. The summed E-state index contributed by atoms with van der Waals surface area (Å²) >= 11 is 0. The van der Waals surface area contributed by atoms with Crippen LogP contribution in [0.15, 0.2) is 65.9 Å². The van der Waals surface area contributed by atoms with E-state index in [1.54, 1.807) is 24.3 Å². The highest BCUT2D eigenvalue weighted by Crippen LogP contribution is 2.22. The number of amides is 2. The summed E-state index contributed by atoms with van der Waals surface area (Å²) in [6.45, 7) is 4.80. The number of aliphatic imine (C=N–C) groups is 1. The summed E-state index contributed by atoms with van der Waals surface area (Å²) in [5.41, 5.74) is 2.56. The van der Waals surface area contributed by atoms with Gasteiger partial charge in [0.25, 0.3) is 0 Å².